The maximum atomic E-state index is 12.6. The van der Waals surface area contributed by atoms with Crippen molar-refractivity contribution in [3.8, 4) is 0 Å². The van der Waals surface area contributed by atoms with Gasteiger partial charge in [-0.1, -0.05) is 30.3 Å². The highest BCUT2D eigenvalue weighted by atomic mass is 16.5. The van der Waals surface area contributed by atoms with Crippen molar-refractivity contribution in [3.63, 3.8) is 0 Å². The lowest BCUT2D eigenvalue weighted by molar-refractivity contribution is -0.142. The van der Waals surface area contributed by atoms with Crippen LogP contribution in [0.5, 0.6) is 0 Å². The van der Waals surface area contributed by atoms with Crippen molar-refractivity contribution in [2.24, 2.45) is 4.99 Å². The molecule has 28 heavy (non-hydrogen) atoms. The van der Waals surface area contributed by atoms with Crippen molar-refractivity contribution in [3.05, 3.63) is 35.9 Å². The number of nitrogens with zero attached hydrogens (tertiary/aromatic N) is 3. The Kier molecular flexibility index (Phi) is 5.85. The van der Waals surface area contributed by atoms with Crippen molar-refractivity contribution >= 4 is 11.9 Å². The van der Waals surface area contributed by atoms with E-state index < -0.39 is 0 Å². The first-order valence-corrected chi connectivity index (χ1v) is 10.7. The van der Waals surface area contributed by atoms with E-state index in [1.165, 1.54) is 18.4 Å². The van der Waals surface area contributed by atoms with E-state index >= 15 is 0 Å². The number of hydrogen-bond acceptors (Lipinski definition) is 3. The Balaban J connectivity index is 1.36. The minimum absolute atomic E-state index is 0.167. The Bertz CT molecular complexity index is 688. The summed E-state index contributed by atoms with van der Waals surface area (Å²) < 4.78 is 5.56. The van der Waals surface area contributed by atoms with E-state index in [0.29, 0.717) is 0 Å². The maximum absolute atomic E-state index is 12.6. The summed E-state index contributed by atoms with van der Waals surface area (Å²) in [5.41, 5.74) is 1.63. The summed E-state index contributed by atoms with van der Waals surface area (Å²) in [6, 6.07) is 10.8. The first-order chi connectivity index (χ1) is 13.7. The molecule has 6 nitrogen and oxygen atoms in total. The lowest BCUT2D eigenvalue weighted by Crippen LogP contribution is -2.55. The highest BCUT2D eigenvalue weighted by Gasteiger charge is 2.44. The van der Waals surface area contributed by atoms with Crippen molar-refractivity contribution in [2.75, 3.05) is 45.9 Å². The van der Waals surface area contributed by atoms with Gasteiger partial charge in [0, 0.05) is 44.7 Å². The predicted octanol–water partition coefficient (Wildman–Crippen LogP) is 2.01. The van der Waals surface area contributed by atoms with Gasteiger partial charge in [0.2, 0.25) is 0 Å². The lowest BCUT2D eigenvalue weighted by Gasteiger charge is -2.37. The smallest absolute Gasteiger partial charge is 0.251 e. The molecule has 1 atom stereocenters. The fraction of sp³-hybridized carbons (Fsp3) is 0.636. The van der Waals surface area contributed by atoms with Crippen molar-refractivity contribution in [2.45, 2.75) is 44.1 Å². The van der Waals surface area contributed by atoms with E-state index in [0.717, 1.165) is 64.7 Å². The fourth-order valence-electron chi connectivity index (χ4n) is 4.25. The Morgan fingerprint density at radius 3 is 2.50 bits per heavy atom. The summed E-state index contributed by atoms with van der Waals surface area (Å²) >= 11 is 0. The number of ether oxygens (including phenoxy) is 1. The van der Waals surface area contributed by atoms with Gasteiger partial charge in [-0.05, 0) is 38.2 Å². The molecule has 1 unspecified atom stereocenters. The number of carbonyl (C=O) groups is 1. The summed E-state index contributed by atoms with van der Waals surface area (Å²) in [4.78, 5) is 21.8. The van der Waals surface area contributed by atoms with Crippen LogP contribution in [0.3, 0.4) is 0 Å². The van der Waals surface area contributed by atoms with E-state index in [-0.39, 0.29) is 17.4 Å². The quantitative estimate of drug-likeness (QED) is 0.623. The Hall–Kier alpha value is -2.08. The fourth-order valence-corrected chi connectivity index (χ4v) is 4.25. The molecule has 1 amide bonds. The number of piperazine rings is 1. The molecule has 1 saturated carbocycles. The summed E-state index contributed by atoms with van der Waals surface area (Å²) in [5, 5.41) is 3.45. The summed E-state index contributed by atoms with van der Waals surface area (Å²) in [5.74, 6) is 1.15. The molecular formula is C22H32N4O2. The molecule has 6 heteroatoms. The number of benzene rings is 1. The van der Waals surface area contributed by atoms with Gasteiger partial charge in [0.05, 0.1) is 6.54 Å². The van der Waals surface area contributed by atoms with E-state index in [2.05, 4.69) is 47.5 Å². The van der Waals surface area contributed by atoms with E-state index in [1.807, 2.05) is 4.90 Å². The third-order valence-corrected chi connectivity index (χ3v) is 6.20. The highest BCUT2D eigenvalue weighted by molar-refractivity contribution is 5.83. The molecule has 2 saturated heterocycles. The Morgan fingerprint density at radius 2 is 1.89 bits per heavy atom. The monoisotopic (exact) mass is 384 g/mol. The molecule has 0 aromatic heterocycles. The molecule has 2 aliphatic heterocycles. The molecule has 3 fully saturated rings. The van der Waals surface area contributed by atoms with Crippen molar-refractivity contribution < 1.29 is 9.53 Å². The summed E-state index contributed by atoms with van der Waals surface area (Å²) in [7, 11) is 0. The van der Waals surface area contributed by atoms with Crippen molar-refractivity contribution in [1.29, 1.82) is 0 Å². The zero-order valence-corrected chi connectivity index (χ0v) is 16.9. The molecule has 152 valence electrons. The molecule has 1 aromatic carbocycles. The first kappa shape index (κ1) is 19.2. The molecule has 0 bridgehead atoms. The first-order valence-electron chi connectivity index (χ1n) is 10.7. The molecule has 1 N–H and O–H groups in total. The van der Waals surface area contributed by atoms with Crippen LogP contribution in [0.2, 0.25) is 0 Å². The second kappa shape index (κ2) is 8.52. The SMILES string of the molecule is CCNC(=NCC1(c2ccccc2)CC1)N1CCN(C(=O)C2CCCO2)CC1. The largest absolute Gasteiger partial charge is 0.368 e. The minimum atomic E-state index is -0.214. The van der Waals surface area contributed by atoms with Gasteiger partial charge < -0.3 is 19.9 Å². The van der Waals surface area contributed by atoms with E-state index in [1.54, 1.807) is 0 Å². The van der Waals surface area contributed by atoms with E-state index in [9.17, 15) is 4.79 Å². The number of aliphatic imine (C=N–C) groups is 1. The normalized spacial score (nSPS) is 24.3. The second-order valence-corrected chi connectivity index (χ2v) is 8.13. The summed E-state index contributed by atoms with van der Waals surface area (Å²) in [6.07, 6.45) is 4.07. The van der Waals surface area contributed by atoms with Crippen molar-refractivity contribution in [1.82, 2.24) is 15.1 Å². The minimum Gasteiger partial charge on any atom is -0.368 e. The number of amides is 1. The molecule has 3 aliphatic rings. The standard InChI is InChI=1S/C22H32N4O2/c1-2-23-21(24-17-22(10-11-22)18-7-4-3-5-8-18)26-14-12-25(13-15-26)20(27)19-9-6-16-28-19/h3-5,7-8,19H,2,6,9-17H2,1H3,(H,23,24). The van der Waals surface area contributed by atoms with Gasteiger partial charge in [-0.25, -0.2) is 0 Å². The van der Waals surface area contributed by atoms with Crippen LogP contribution in [0.15, 0.2) is 35.3 Å². The van der Waals surface area contributed by atoms with Crippen LogP contribution in [0, 0.1) is 0 Å². The number of nitrogens with one attached hydrogen (secondary N) is 1. The maximum Gasteiger partial charge on any atom is 0.251 e. The topological polar surface area (TPSA) is 57.2 Å². The molecule has 1 aliphatic carbocycles. The average molecular weight is 385 g/mol. The van der Waals surface area contributed by atoms with Gasteiger partial charge in [0.25, 0.3) is 5.91 Å². The van der Waals surface area contributed by atoms with Crippen LogP contribution in [0.1, 0.15) is 38.2 Å². The Labute approximate surface area is 167 Å². The molecule has 2 heterocycles. The van der Waals surface area contributed by atoms with Crippen LogP contribution < -0.4 is 5.32 Å². The van der Waals surface area contributed by atoms with Crippen LogP contribution in [-0.2, 0) is 14.9 Å². The molecule has 0 radical (unpaired) electrons. The zero-order valence-electron chi connectivity index (χ0n) is 16.9. The highest BCUT2D eigenvalue weighted by Crippen LogP contribution is 2.48. The zero-order chi connectivity index (χ0) is 19.4. The average Bonchev–Trinajstić information content (AvgIpc) is 3.34. The third kappa shape index (κ3) is 4.17. The van der Waals surface area contributed by atoms with Gasteiger partial charge >= 0.3 is 0 Å². The van der Waals surface area contributed by atoms with Gasteiger partial charge in [-0.3, -0.25) is 9.79 Å². The van der Waals surface area contributed by atoms with E-state index in [4.69, 9.17) is 9.73 Å². The third-order valence-electron chi connectivity index (χ3n) is 6.20. The molecule has 1 aromatic rings. The van der Waals surface area contributed by atoms with Crippen LogP contribution >= 0.6 is 0 Å². The van der Waals surface area contributed by atoms with Crippen LogP contribution in [0.4, 0.5) is 0 Å². The van der Waals surface area contributed by atoms with Gasteiger partial charge in [0.1, 0.15) is 6.10 Å². The van der Waals surface area contributed by atoms with Gasteiger partial charge in [-0.15, -0.1) is 0 Å². The lowest BCUT2D eigenvalue weighted by atomic mass is 9.96. The number of rotatable bonds is 5. The van der Waals surface area contributed by atoms with Gasteiger partial charge in [0.15, 0.2) is 5.96 Å². The number of carbonyl (C=O) groups excluding carboxylic acids is 1. The number of guanidine groups is 1. The van der Waals surface area contributed by atoms with Gasteiger partial charge in [-0.2, -0.15) is 0 Å². The molecule has 0 spiro atoms. The van der Waals surface area contributed by atoms with Crippen LogP contribution in [0.25, 0.3) is 0 Å². The predicted molar refractivity (Wildman–Crippen MR) is 110 cm³/mol. The summed E-state index contributed by atoms with van der Waals surface area (Å²) in [6.45, 7) is 7.64. The molecule has 4 rings (SSSR count). The van der Waals surface area contributed by atoms with Crippen LogP contribution in [-0.4, -0.2) is 73.6 Å². The number of hydrogen-bond donors (Lipinski definition) is 1. The second-order valence-electron chi connectivity index (χ2n) is 8.13. The Morgan fingerprint density at radius 1 is 1.18 bits per heavy atom. The molecular weight excluding hydrogens is 352 g/mol.